The molecule has 2 aromatic rings. The number of halogens is 6. The first kappa shape index (κ1) is 30.9. The first-order valence-electron chi connectivity index (χ1n) is 15.7. The van der Waals surface area contributed by atoms with Crippen molar-refractivity contribution in [1.82, 2.24) is 29.6 Å². The molecule has 43 heavy (non-hydrogen) atoms. The van der Waals surface area contributed by atoms with E-state index in [1.165, 1.54) is 36.2 Å². The van der Waals surface area contributed by atoms with Gasteiger partial charge in [0.2, 0.25) is 0 Å². The minimum atomic E-state index is -4.73. The van der Waals surface area contributed by atoms with Crippen LogP contribution in [0.5, 0.6) is 0 Å². The zero-order valence-corrected chi connectivity index (χ0v) is 24.7. The van der Waals surface area contributed by atoms with Gasteiger partial charge in [0, 0.05) is 31.0 Å². The fraction of sp³-hybridized carbons (Fsp3) is 0.767. The number of likely N-dealkylation sites (tertiary alicyclic amines) is 1. The maximum absolute atomic E-state index is 14.4. The van der Waals surface area contributed by atoms with E-state index in [0.29, 0.717) is 37.1 Å². The van der Waals surface area contributed by atoms with E-state index in [1.807, 2.05) is 0 Å². The molecule has 4 heterocycles. The summed E-state index contributed by atoms with van der Waals surface area (Å²) in [5.74, 6) is -0.220. The van der Waals surface area contributed by atoms with Gasteiger partial charge in [0.1, 0.15) is 0 Å². The van der Waals surface area contributed by atoms with Gasteiger partial charge < -0.3 is 0 Å². The van der Waals surface area contributed by atoms with Crippen molar-refractivity contribution in [2.24, 2.45) is 23.7 Å². The fourth-order valence-electron chi connectivity index (χ4n) is 8.18. The van der Waals surface area contributed by atoms with Gasteiger partial charge in [-0.15, -0.1) is 0 Å². The predicted octanol–water partition coefficient (Wildman–Crippen LogP) is 5.93. The summed E-state index contributed by atoms with van der Waals surface area (Å²) >= 11 is 0. The molecule has 0 bridgehead atoms. The Bertz CT molecular complexity index is 1350. The second-order valence-electron chi connectivity index (χ2n) is 13.3. The SMILES string of the molecule is C[C@@H](c1cc(C(F)(F)F)c2cn(C3CCCC([C@@H](C4CCC4)C4NNCN4C)C3)c(=O)n2c1)N1CCC[C@H](C(F)(F)F)C1. The van der Waals surface area contributed by atoms with E-state index < -0.39 is 35.6 Å². The zero-order chi connectivity index (χ0) is 30.7. The summed E-state index contributed by atoms with van der Waals surface area (Å²) in [6.07, 6.45) is 1.08. The van der Waals surface area contributed by atoms with E-state index in [1.54, 1.807) is 11.8 Å². The Hall–Kier alpha value is -2.09. The van der Waals surface area contributed by atoms with Gasteiger partial charge in [0.05, 0.1) is 29.8 Å². The minimum absolute atomic E-state index is 0.00938. The largest absolute Gasteiger partial charge is 0.418 e. The molecule has 13 heteroatoms. The van der Waals surface area contributed by atoms with Crippen molar-refractivity contribution in [2.75, 3.05) is 26.8 Å². The van der Waals surface area contributed by atoms with E-state index in [4.69, 9.17) is 0 Å². The smallest absolute Gasteiger partial charge is 0.296 e. The van der Waals surface area contributed by atoms with E-state index in [9.17, 15) is 31.1 Å². The Kier molecular flexibility index (Phi) is 8.40. The third-order valence-corrected chi connectivity index (χ3v) is 10.8. The maximum atomic E-state index is 14.4. The van der Waals surface area contributed by atoms with E-state index in [2.05, 4.69) is 22.8 Å². The Balaban J connectivity index is 1.32. The average Bonchev–Trinajstić information content (AvgIpc) is 3.51. The number of rotatable bonds is 6. The summed E-state index contributed by atoms with van der Waals surface area (Å²) in [7, 11) is 2.08. The number of hydrogen-bond donors (Lipinski definition) is 2. The second kappa shape index (κ2) is 11.7. The molecule has 2 N–H and O–H groups in total. The standard InChI is InChI=1S/C30H42F6N6O/c1-18(40-11-5-9-22(15-40)29(31,32)33)21-13-24(30(34,35)36)25-16-41(28(43)42(25)14-21)23-10-4-8-20(12-23)26(19-6-3-7-19)27-38-37-17-39(27)2/h13-14,16,18-20,22-23,26-27,37-38H,3-12,15,17H2,1-2H3/t18-,20?,22-,23?,26+,27?/m0/s1. The lowest BCUT2D eigenvalue weighted by Crippen LogP contribution is -2.50. The molecule has 2 saturated heterocycles. The van der Waals surface area contributed by atoms with Crippen LogP contribution in [0.1, 0.15) is 87.9 Å². The highest BCUT2D eigenvalue weighted by molar-refractivity contribution is 5.56. The van der Waals surface area contributed by atoms with Crippen molar-refractivity contribution in [3.8, 4) is 0 Å². The highest BCUT2D eigenvalue weighted by Crippen LogP contribution is 2.47. The first-order valence-corrected chi connectivity index (χ1v) is 15.7. The van der Waals surface area contributed by atoms with Gasteiger partial charge in [-0.05, 0) is 82.0 Å². The number of nitrogens with zero attached hydrogens (tertiary/aromatic N) is 4. The normalized spacial score (nSPS) is 30.0. The number of hydrazine groups is 1. The summed E-state index contributed by atoms with van der Waals surface area (Å²) in [6.45, 7) is 2.45. The number of imidazole rings is 1. The number of pyridine rings is 1. The van der Waals surface area contributed by atoms with Crippen LogP contribution >= 0.6 is 0 Å². The van der Waals surface area contributed by atoms with Crippen LogP contribution < -0.4 is 16.5 Å². The van der Waals surface area contributed by atoms with Crippen LogP contribution in [0.25, 0.3) is 5.52 Å². The summed E-state index contributed by atoms with van der Waals surface area (Å²) < 4.78 is 86.2. The molecule has 3 unspecified atom stereocenters. The van der Waals surface area contributed by atoms with Gasteiger partial charge in [-0.2, -0.15) is 26.3 Å². The molecule has 2 saturated carbocycles. The molecule has 2 aliphatic heterocycles. The van der Waals surface area contributed by atoms with Gasteiger partial charge in [0.25, 0.3) is 0 Å². The van der Waals surface area contributed by atoms with Crippen LogP contribution in [0.3, 0.4) is 0 Å². The molecular formula is C30H42F6N6O. The van der Waals surface area contributed by atoms with Crippen molar-refractivity contribution in [1.29, 1.82) is 0 Å². The monoisotopic (exact) mass is 616 g/mol. The Morgan fingerprint density at radius 2 is 1.67 bits per heavy atom. The number of hydrogen-bond acceptors (Lipinski definition) is 5. The highest BCUT2D eigenvalue weighted by atomic mass is 19.4. The molecule has 4 aliphatic rings. The van der Waals surface area contributed by atoms with E-state index in [-0.39, 0.29) is 36.3 Å². The second-order valence-corrected chi connectivity index (χ2v) is 13.3. The Labute approximate surface area is 247 Å². The average molecular weight is 617 g/mol. The van der Waals surface area contributed by atoms with Crippen LogP contribution in [0.4, 0.5) is 26.3 Å². The molecule has 0 spiro atoms. The van der Waals surface area contributed by atoms with Crippen LogP contribution in [0.2, 0.25) is 0 Å². The Morgan fingerprint density at radius 1 is 0.953 bits per heavy atom. The third-order valence-electron chi connectivity index (χ3n) is 10.8. The van der Waals surface area contributed by atoms with Crippen LogP contribution in [0.15, 0.2) is 23.3 Å². The van der Waals surface area contributed by atoms with Crippen LogP contribution in [0, 0.1) is 23.7 Å². The van der Waals surface area contributed by atoms with Gasteiger partial charge in [-0.1, -0.05) is 25.7 Å². The third kappa shape index (κ3) is 5.98. The molecule has 0 amide bonds. The number of piperidine rings is 1. The fourth-order valence-corrected chi connectivity index (χ4v) is 8.18. The lowest BCUT2D eigenvalue weighted by Gasteiger charge is -2.46. The quantitative estimate of drug-likeness (QED) is 0.395. The summed E-state index contributed by atoms with van der Waals surface area (Å²) in [4.78, 5) is 17.6. The highest BCUT2D eigenvalue weighted by Gasteiger charge is 2.45. The molecular weight excluding hydrogens is 574 g/mol. The number of nitrogens with one attached hydrogen (secondary N) is 2. The number of fused-ring (bicyclic) bond motifs is 1. The maximum Gasteiger partial charge on any atom is 0.418 e. The predicted molar refractivity (Wildman–Crippen MR) is 150 cm³/mol. The molecule has 6 atom stereocenters. The van der Waals surface area contributed by atoms with Crippen LogP contribution in [-0.2, 0) is 6.18 Å². The summed E-state index contributed by atoms with van der Waals surface area (Å²) in [5.41, 5.74) is 5.19. The molecule has 240 valence electrons. The minimum Gasteiger partial charge on any atom is -0.296 e. The lowest BCUT2D eigenvalue weighted by molar-refractivity contribution is -0.188. The molecule has 0 radical (unpaired) electrons. The zero-order valence-electron chi connectivity index (χ0n) is 24.7. The van der Waals surface area contributed by atoms with Crippen molar-refractivity contribution in [3.63, 3.8) is 0 Å². The van der Waals surface area contributed by atoms with Gasteiger partial charge >= 0.3 is 18.0 Å². The van der Waals surface area contributed by atoms with E-state index in [0.717, 1.165) is 36.4 Å². The number of aromatic nitrogens is 2. The molecule has 7 nitrogen and oxygen atoms in total. The van der Waals surface area contributed by atoms with E-state index >= 15 is 0 Å². The van der Waals surface area contributed by atoms with Gasteiger partial charge in [0.15, 0.2) is 0 Å². The van der Waals surface area contributed by atoms with Gasteiger partial charge in [-0.3, -0.25) is 18.8 Å². The summed E-state index contributed by atoms with van der Waals surface area (Å²) in [5, 5.41) is 0. The van der Waals surface area contributed by atoms with Crippen LogP contribution in [-0.4, -0.2) is 57.9 Å². The summed E-state index contributed by atoms with van der Waals surface area (Å²) in [6, 6.07) is 0.0917. The molecule has 4 fully saturated rings. The molecule has 0 aromatic carbocycles. The van der Waals surface area contributed by atoms with Crippen molar-refractivity contribution < 1.29 is 26.3 Å². The van der Waals surface area contributed by atoms with Gasteiger partial charge in [-0.25, -0.2) is 15.6 Å². The molecule has 2 aromatic heterocycles. The van der Waals surface area contributed by atoms with Crippen molar-refractivity contribution >= 4 is 5.52 Å². The number of alkyl halides is 6. The first-order chi connectivity index (χ1) is 20.3. The molecule has 6 rings (SSSR count). The van der Waals surface area contributed by atoms with Crippen molar-refractivity contribution in [3.05, 3.63) is 40.1 Å². The molecule has 2 aliphatic carbocycles. The lowest BCUT2D eigenvalue weighted by atomic mass is 9.65. The van der Waals surface area contributed by atoms with Crippen molar-refractivity contribution in [2.45, 2.75) is 95.3 Å². The topological polar surface area (TPSA) is 57.0 Å². The Morgan fingerprint density at radius 3 is 2.30 bits per heavy atom.